The molecule has 0 saturated carbocycles. The molecule has 0 atom stereocenters. The summed E-state index contributed by atoms with van der Waals surface area (Å²) in [6.07, 6.45) is -1.57. The minimum Gasteiger partial charge on any atom is -0.504 e. The van der Waals surface area contributed by atoms with Crippen LogP contribution in [0.3, 0.4) is 0 Å². The normalized spacial score (nSPS) is 11.9. The third-order valence-electron chi connectivity index (χ3n) is 2.93. The summed E-state index contributed by atoms with van der Waals surface area (Å²) in [4.78, 5) is 0. The van der Waals surface area contributed by atoms with Crippen LogP contribution in [0.25, 0.3) is 17.2 Å². The molecule has 0 radical (unpaired) electrons. The topological polar surface area (TPSA) is 9.23 Å². The second-order valence-electron chi connectivity index (χ2n) is 4.35. The maximum Gasteiger partial charge on any atom is 0.416 e. The minimum absolute atomic E-state index is 0.340. The molecule has 2 rings (SSSR count). The zero-order chi connectivity index (χ0) is 15.5. The van der Waals surface area contributed by atoms with Crippen molar-refractivity contribution in [2.24, 2.45) is 0 Å². The number of benzene rings is 2. The van der Waals surface area contributed by atoms with E-state index >= 15 is 0 Å². The largest absolute Gasteiger partial charge is 0.504 e. The Morgan fingerprint density at radius 1 is 0.952 bits per heavy atom. The van der Waals surface area contributed by atoms with Crippen LogP contribution < -0.4 is 0 Å². The molecule has 0 fully saturated rings. The smallest absolute Gasteiger partial charge is 0.416 e. The van der Waals surface area contributed by atoms with E-state index in [0.29, 0.717) is 16.7 Å². The zero-order valence-electron chi connectivity index (χ0n) is 11.1. The summed E-state index contributed by atoms with van der Waals surface area (Å²) >= 11 is 0. The highest BCUT2D eigenvalue weighted by atomic mass is 19.4. The van der Waals surface area contributed by atoms with Gasteiger partial charge in [-0.3, -0.25) is 0 Å². The van der Waals surface area contributed by atoms with E-state index in [-0.39, 0.29) is 0 Å². The van der Waals surface area contributed by atoms with Gasteiger partial charge in [-0.25, -0.2) is 4.39 Å². The van der Waals surface area contributed by atoms with Crippen LogP contribution in [-0.4, -0.2) is 7.11 Å². The third kappa shape index (κ3) is 3.62. The van der Waals surface area contributed by atoms with Gasteiger partial charge in [-0.1, -0.05) is 24.3 Å². The van der Waals surface area contributed by atoms with Crippen LogP contribution in [0, 0.1) is 5.82 Å². The highest BCUT2D eigenvalue weighted by Crippen LogP contribution is 2.31. The first-order chi connectivity index (χ1) is 9.91. The van der Waals surface area contributed by atoms with Crippen molar-refractivity contribution in [2.45, 2.75) is 6.18 Å². The molecular weight excluding hydrogens is 284 g/mol. The van der Waals surface area contributed by atoms with Crippen LogP contribution in [-0.2, 0) is 10.9 Å². The number of hydrogen-bond acceptors (Lipinski definition) is 1. The van der Waals surface area contributed by atoms with E-state index in [2.05, 4.69) is 0 Å². The Bertz CT molecular complexity index is 642. The number of halogens is 4. The number of rotatable bonds is 3. The number of hydrogen-bond donors (Lipinski definition) is 0. The predicted octanol–water partition coefficient (Wildman–Crippen LogP) is 5.13. The molecule has 0 aliphatic carbocycles. The molecule has 110 valence electrons. The van der Waals surface area contributed by atoms with Crippen LogP contribution in [0.4, 0.5) is 17.6 Å². The lowest BCUT2D eigenvalue weighted by atomic mass is 10.0. The van der Waals surface area contributed by atoms with E-state index in [1.165, 1.54) is 43.7 Å². The van der Waals surface area contributed by atoms with E-state index in [9.17, 15) is 17.6 Å². The summed E-state index contributed by atoms with van der Waals surface area (Å²) in [7, 11) is 1.45. The molecule has 0 bridgehead atoms. The molecule has 21 heavy (non-hydrogen) atoms. The van der Waals surface area contributed by atoms with Gasteiger partial charge in [0.2, 0.25) is 0 Å². The average Bonchev–Trinajstić information content (AvgIpc) is 2.45. The number of methoxy groups -OCH3 is 1. The molecule has 0 heterocycles. The molecule has 0 N–H and O–H groups in total. The third-order valence-corrected chi connectivity index (χ3v) is 2.93. The quantitative estimate of drug-likeness (QED) is 0.563. The summed E-state index contributed by atoms with van der Waals surface area (Å²) in [6, 6.07) is 9.05. The number of ether oxygens (including phenoxy) is 1. The molecule has 0 saturated heterocycles. The Balaban J connectivity index is 2.30. The van der Waals surface area contributed by atoms with Gasteiger partial charge >= 0.3 is 6.18 Å². The molecule has 1 nitrogen and oxygen atoms in total. The zero-order valence-corrected chi connectivity index (χ0v) is 11.1. The molecule has 2 aromatic carbocycles. The van der Waals surface area contributed by atoms with Crippen LogP contribution in [0.5, 0.6) is 0 Å². The fourth-order valence-corrected chi connectivity index (χ4v) is 1.83. The fraction of sp³-hybridized carbons (Fsp3) is 0.125. The van der Waals surface area contributed by atoms with Gasteiger partial charge in [-0.15, -0.1) is 0 Å². The van der Waals surface area contributed by atoms with Gasteiger partial charge in [-0.2, -0.15) is 13.2 Å². The predicted molar refractivity (Wildman–Crippen MR) is 72.9 cm³/mol. The molecule has 5 heteroatoms. The van der Waals surface area contributed by atoms with Gasteiger partial charge in [0.15, 0.2) is 0 Å². The molecule has 0 aliphatic heterocycles. The van der Waals surface area contributed by atoms with Gasteiger partial charge < -0.3 is 4.74 Å². The summed E-state index contributed by atoms with van der Waals surface area (Å²) in [5.74, 6) is -0.472. The molecule has 0 amide bonds. The van der Waals surface area contributed by atoms with Crippen molar-refractivity contribution in [2.75, 3.05) is 7.11 Å². The first-order valence-electron chi connectivity index (χ1n) is 6.08. The van der Waals surface area contributed by atoms with Gasteiger partial charge in [-0.05, 0) is 35.4 Å². The van der Waals surface area contributed by atoms with Crippen molar-refractivity contribution in [3.8, 4) is 11.1 Å². The first kappa shape index (κ1) is 15.1. The SMILES string of the molecule is CO/C=C/c1ccc(-c2ccc(C(F)(F)F)cc2)cc1F. The van der Waals surface area contributed by atoms with E-state index in [1.807, 2.05) is 0 Å². The van der Waals surface area contributed by atoms with E-state index < -0.39 is 17.6 Å². The van der Waals surface area contributed by atoms with Crippen molar-refractivity contribution < 1.29 is 22.3 Å². The maximum absolute atomic E-state index is 13.8. The van der Waals surface area contributed by atoms with Crippen molar-refractivity contribution in [3.05, 3.63) is 65.7 Å². The van der Waals surface area contributed by atoms with Gasteiger partial charge in [0.1, 0.15) is 5.82 Å². The highest BCUT2D eigenvalue weighted by Gasteiger charge is 2.29. The molecule has 0 aliphatic rings. The Morgan fingerprint density at radius 2 is 1.57 bits per heavy atom. The summed E-state index contributed by atoms with van der Waals surface area (Å²) in [5, 5.41) is 0. The Hall–Kier alpha value is -2.30. The second-order valence-corrected chi connectivity index (χ2v) is 4.35. The Morgan fingerprint density at radius 3 is 2.10 bits per heavy atom. The Labute approximate surface area is 119 Å². The molecular formula is C16H12F4O. The summed E-state index contributed by atoms with van der Waals surface area (Å²) in [6.45, 7) is 0. The molecule has 2 aromatic rings. The molecule has 0 aromatic heterocycles. The van der Waals surface area contributed by atoms with Gasteiger partial charge in [0, 0.05) is 5.56 Å². The van der Waals surface area contributed by atoms with E-state index in [4.69, 9.17) is 4.74 Å². The highest BCUT2D eigenvalue weighted by molar-refractivity contribution is 5.66. The molecule has 0 spiro atoms. The lowest BCUT2D eigenvalue weighted by molar-refractivity contribution is -0.137. The lowest BCUT2D eigenvalue weighted by Gasteiger charge is -2.08. The second kappa shape index (κ2) is 5.99. The first-order valence-corrected chi connectivity index (χ1v) is 6.08. The summed E-state index contributed by atoms with van der Waals surface area (Å²) < 4.78 is 56.0. The van der Waals surface area contributed by atoms with Crippen molar-refractivity contribution >= 4 is 6.08 Å². The maximum atomic E-state index is 13.8. The van der Waals surface area contributed by atoms with Crippen LogP contribution in [0.2, 0.25) is 0 Å². The van der Waals surface area contributed by atoms with Gasteiger partial charge in [0.25, 0.3) is 0 Å². The van der Waals surface area contributed by atoms with Gasteiger partial charge in [0.05, 0.1) is 18.9 Å². The summed E-state index contributed by atoms with van der Waals surface area (Å²) in [5.41, 5.74) is 0.638. The fourth-order valence-electron chi connectivity index (χ4n) is 1.83. The van der Waals surface area contributed by atoms with Crippen LogP contribution in [0.1, 0.15) is 11.1 Å². The van der Waals surface area contributed by atoms with E-state index in [0.717, 1.165) is 12.1 Å². The van der Waals surface area contributed by atoms with Crippen molar-refractivity contribution in [1.82, 2.24) is 0 Å². The monoisotopic (exact) mass is 296 g/mol. The van der Waals surface area contributed by atoms with Crippen molar-refractivity contribution in [1.29, 1.82) is 0 Å². The van der Waals surface area contributed by atoms with Crippen molar-refractivity contribution in [3.63, 3.8) is 0 Å². The van der Waals surface area contributed by atoms with Crippen LogP contribution in [0.15, 0.2) is 48.7 Å². The van der Waals surface area contributed by atoms with Crippen LogP contribution >= 0.6 is 0 Å². The average molecular weight is 296 g/mol. The number of alkyl halides is 3. The Kier molecular flexibility index (Phi) is 4.31. The molecule has 0 unspecified atom stereocenters. The standard InChI is InChI=1S/C16H12F4O/c1-21-9-8-12-2-3-13(10-15(12)17)11-4-6-14(7-5-11)16(18,19)20/h2-10H,1H3/b9-8+. The lowest BCUT2D eigenvalue weighted by Crippen LogP contribution is -2.03. The van der Waals surface area contributed by atoms with E-state index in [1.54, 1.807) is 6.07 Å². The minimum atomic E-state index is -4.38.